The van der Waals surface area contributed by atoms with E-state index in [1.807, 2.05) is 6.92 Å². The maximum atomic E-state index is 9.33. The fraction of sp³-hybridized carbons (Fsp3) is 1.00. The van der Waals surface area contributed by atoms with Crippen LogP contribution in [0.4, 0.5) is 0 Å². The number of rotatable bonds is 3. The molecule has 0 fully saturated rings. The quantitative estimate of drug-likeness (QED) is 0.645. The Morgan fingerprint density at radius 2 is 1.60 bits per heavy atom. The molecule has 0 heterocycles. The van der Waals surface area contributed by atoms with Crippen molar-refractivity contribution >= 4 is 0 Å². The van der Waals surface area contributed by atoms with Gasteiger partial charge in [0.25, 0.3) is 0 Å². The molecule has 0 radical (unpaired) electrons. The number of hydrogen-bond acceptors (Lipinski definition) is 1. The summed E-state index contributed by atoms with van der Waals surface area (Å²) in [5, 5.41) is 9.33. The zero-order valence-corrected chi connectivity index (χ0v) is 7.81. The van der Waals surface area contributed by atoms with Crippen LogP contribution in [0, 0.1) is 11.3 Å². The van der Waals surface area contributed by atoms with Gasteiger partial charge in [0, 0.05) is 0 Å². The number of aliphatic hydroxyl groups is 1. The van der Waals surface area contributed by atoms with E-state index in [9.17, 15) is 5.11 Å². The fourth-order valence-electron chi connectivity index (χ4n) is 1.22. The van der Waals surface area contributed by atoms with Gasteiger partial charge in [-0.25, -0.2) is 0 Å². The van der Waals surface area contributed by atoms with Gasteiger partial charge in [-0.2, -0.15) is 0 Å². The van der Waals surface area contributed by atoms with Crippen molar-refractivity contribution < 1.29 is 5.11 Å². The van der Waals surface area contributed by atoms with Gasteiger partial charge in [-0.05, 0) is 24.7 Å². The van der Waals surface area contributed by atoms with E-state index in [-0.39, 0.29) is 11.5 Å². The van der Waals surface area contributed by atoms with Gasteiger partial charge in [-0.15, -0.1) is 0 Å². The van der Waals surface area contributed by atoms with Crippen molar-refractivity contribution in [1.29, 1.82) is 0 Å². The first-order valence-electron chi connectivity index (χ1n) is 4.04. The third kappa shape index (κ3) is 3.21. The van der Waals surface area contributed by atoms with Crippen LogP contribution in [0.3, 0.4) is 0 Å². The molecule has 1 heteroatoms. The second-order valence-electron chi connectivity index (χ2n) is 4.26. The Hall–Kier alpha value is -0.0400. The zero-order valence-electron chi connectivity index (χ0n) is 7.81. The first kappa shape index (κ1) is 9.96. The second kappa shape index (κ2) is 3.38. The van der Waals surface area contributed by atoms with E-state index >= 15 is 0 Å². The van der Waals surface area contributed by atoms with Gasteiger partial charge in [0.1, 0.15) is 0 Å². The minimum Gasteiger partial charge on any atom is -0.393 e. The van der Waals surface area contributed by atoms with E-state index in [0.717, 1.165) is 6.42 Å². The maximum absolute atomic E-state index is 9.33. The molecular weight excluding hydrogens is 124 g/mol. The zero-order chi connectivity index (χ0) is 8.36. The summed E-state index contributed by atoms with van der Waals surface area (Å²) < 4.78 is 0. The molecule has 0 aliphatic rings. The van der Waals surface area contributed by atoms with E-state index in [4.69, 9.17) is 0 Å². The monoisotopic (exact) mass is 144 g/mol. The molecule has 0 aliphatic heterocycles. The van der Waals surface area contributed by atoms with Gasteiger partial charge in [0.15, 0.2) is 0 Å². The molecule has 10 heavy (non-hydrogen) atoms. The summed E-state index contributed by atoms with van der Waals surface area (Å²) in [6.07, 6.45) is 0.889. The van der Waals surface area contributed by atoms with E-state index in [1.54, 1.807) is 0 Å². The molecule has 0 spiro atoms. The Morgan fingerprint density at radius 1 is 1.20 bits per heavy atom. The Balaban J connectivity index is 3.87. The van der Waals surface area contributed by atoms with Crippen LogP contribution in [-0.4, -0.2) is 11.2 Å². The predicted molar refractivity (Wildman–Crippen MR) is 44.9 cm³/mol. The summed E-state index contributed by atoms with van der Waals surface area (Å²) in [5.74, 6) is 0.671. The van der Waals surface area contributed by atoms with Crippen molar-refractivity contribution in [3.63, 3.8) is 0 Å². The van der Waals surface area contributed by atoms with E-state index in [0.29, 0.717) is 5.92 Å². The first-order valence-corrected chi connectivity index (χ1v) is 4.04. The average Bonchev–Trinajstić information content (AvgIpc) is 1.60. The molecule has 62 valence electrons. The second-order valence-corrected chi connectivity index (χ2v) is 4.26. The SMILES string of the molecule is CC(C)CC(C)(C)C(C)O. The van der Waals surface area contributed by atoms with Gasteiger partial charge < -0.3 is 5.11 Å². The molecule has 1 atom stereocenters. The van der Waals surface area contributed by atoms with E-state index < -0.39 is 0 Å². The van der Waals surface area contributed by atoms with E-state index in [1.165, 1.54) is 0 Å². The summed E-state index contributed by atoms with van der Waals surface area (Å²) in [6, 6.07) is 0. The van der Waals surface area contributed by atoms with Crippen molar-refractivity contribution in [2.24, 2.45) is 11.3 Å². The van der Waals surface area contributed by atoms with Gasteiger partial charge in [-0.1, -0.05) is 27.7 Å². The highest BCUT2D eigenvalue weighted by atomic mass is 16.3. The molecule has 0 bridgehead atoms. The molecule has 0 rings (SSSR count). The molecule has 0 aromatic carbocycles. The predicted octanol–water partition coefficient (Wildman–Crippen LogP) is 2.44. The van der Waals surface area contributed by atoms with Crippen LogP contribution < -0.4 is 0 Å². The molecule has 0 aliphatic carbocycles. The van der Waals surface area contributed by atoms with Gasteiger partial charge in [0.2, 0.25) is 0 Å². The van der Waals surface area contributed by atoms with Gasteiger partial charge >= 0.3 is 0 Å². The molecule has 0 saturated carbocycles. The maximum Gasteiger partial charge on any atom is 0.0563 e. The number of hydrogen-bond donors (Lipinski definition) is 1. The Bertz CT molecular complexity index is 92.9. The summed E-state index contributed by atoms with van der Waals surface area (Å²) >= 11 is 0. The summed E-state index contributed by atoms with van der Waals surface area (Å²) in [5.41, 5.74) is 0.0775. The van der Waals surface area contributed by atoms with Crippen molar-refractivity contribution in [3.8, 4) is 0 Å². The van der Waals surface area contributed by atoms with Crippen LogP contribution in [0.1, 0.15) is 41.0 Å². The Morgan fingerprint density at radius 3 is 1.70 bits per heavy atom. The normalized spacial score (nSPS) is 15.9. The highest BCUT2D eigenvalue weighted by Gasteiger charge is 2.24. The lowest BCUT2D eigenvalue weighted by atomic mass is 9.80. The molecule has 0 aromatic heterocycles. The van der Waals surface area contributed by atoms with Crippen LogP contribution in [0.5, 0.6) is 0 Å². The lowest BCUT2D eigenvalue weighted by Gasteiger charge is -2.29. The number of aliphatic hydroxyl groups excluding tert-OH is 1. The lowest BCUT2D eigenvalue weighted by molar-refractivity contribution is 0.0504. The molecular formula is C9H20O. The van der Waals surface area contributed by atoms with Crippen molar-refractivity contribution in [3.05, 3.63) is 0 Å². The Kier molecular flexibility index (Phi) is 3.37. The largest absolute Gasteiger partial charge is 0.393 e. The minimum absolute atomic E-state index is 0.0775. The summed E-state index contributed by atoms with van der Waals surface area (Å²) in [6.45, 7) is 10.5. The van der Waals surface area contributed by atoms with E-state index in [2.05, 4.69) is 27.7 Å². The lowest BCUT2D eigenvalue weighted by Crippen LogP contribution is -2.27. The van der Waals surface area contributed by atoms with Crippen LogP contribution in [0.25, 0.3) is 0 Å². The molecule has 1 nitrogen and oxygen atoms in total. The first-order chi connectivity index (χ1) is 4.36. The van der Waals surface area contributed by atoms with Crippen LogP contribution in [-0.2, 0) is 0 Å². The van der Waals surface area contributed by atoms with Crippen molar-refractivity contribution in [2.75, 3.05) is 0 Å². The van der Waals surface area contributed by atoms with Gasteiger partial charge in [0.05, 0.1) is 6.10 Å². The topological polar surface area (TPSA) is 20.2 Å². The highest BCUT2D eigenvalue weighted by molar-refractivity contribution is 4.75. The molecule has 0 saturated heterocycles. The van der Waals surface area contributed by atoms with Crippen LogP contribution >= 0.6 is 0 Å². The third-order valence-corrected chi connectivity index (χ3v) is 2.07. The average molecular weight is 144 g/mol. The summed E-state index contributed by atoms with van der Waals surface area (Å²) in [7, 11) is 0. The molecule has 1 N–H and O–H groups in total. The fourth-order valence-corrected chi connectivity index (χ4v) is 1.22. The summed E-state index contributed by atoms with van der Waals surface area (Å²) in [4.78, 5) is 0. The minimum atomic E-state index is -0.199. The van der Waals surface area contributed by atoms with Crippen molar-refractivity contribution in [1.82, 2.24) is 0 Å². The highest BCUT2D eigenvalue weighted by Crippen LogP contribution is 2.28. The van der Waals surface area contributed by atoms with Crippen LogP contribution in [0.2, 0.25) is 0 Å². The molecule has 1 unspecified atom stereocenters. The third-order valence-electron chi connectivity index (χ3n) is 2.07. The Labute approximate surface area is 64.5 Å². The molecule has 0 amide bonds. The van der Waals surface area contributed by atoms with Gasteiger partial charge in [-0.3, -0.25) is 0 Å². The van der Waals surface area contributed by atoms with Crippen molar-refractivity contribution in [2.45, 2.75) is 47.1 Å². The van der Waals surface area contributed by atoms with Crippen LogP contribution in [0.15, 0.2) is 0 Å². The molecule has 0 aromatic rings. The standard InChI is InChI=1S/C9H20O/c1-7(2)6-9(4,5)8(3)10/h7-8,10H,6H2,1-5H3. The smallest absolute Gasteiger partial charge is 0.0563 e.